The molecule has 0 bridgehead atoms. The van der Waals surface area contributed by atoms with Crippen LogP contribution in [-0.2, 0) is 9.59 Å². The second-order valence-electron chi connectivity index (χ2n) is 5.81. The van der Waals surface area contributed by atoms with Crippen LogP contribution in [-0.4, -0.2) is 29.8 Å². The van der Waals surface area contributed by atoms with E-state index in [1.165, 1.54) is 12.1 Å². The highest BCUT2D eigenvalue weighted by atomic mass is 19.1. The first-order valence-electron chi connectivity index (χ1n) is 7.90. The fourth-order valence-corrected chi connectivity index (χ4v) is 2.62. The molecule has 0 spiro atoms. The van der Waals surface area contributed by atoms with Crippen LogP contribution in [0.4, 0.5) is 10.1 Å². The van der Waals surface area contributed by atoms with Gasteiger partial charge in [0.15, 0.2) is 0 Å². The van der Waals surface area contributed by atoms with Crippen molar-refractivity contribution in [2.75, 3.05) is 18.4 Å². The molecule has 22 heavy (non-hydrogen) atoms. The van der Waals surface area contributed by atoms with Crippen LogP contribution in [0.3, 0.4) is 0 Å². The minimum absolute atomic E-state index is 0.120. The summed E-state index contributed by atoms with van der Waals surface area (Å²) in [4.78, 5) is 26.9. The lowest BCUT2D eigenvalue weighted by molar-refractivity contribution is -0.142. The smallest absolute Gasteiger partial charge is 0.240 e. The molecule has 0 aromatic heterocycles. The number of rotatable bonds is 7. The minimum Gasteiger partial charge on any atom is -0.342 e. The molecular weight excluding hydrogens is 283 g/mol. The number of anilines is 1. The summed E-state index contributed by atoms with van der Waals surface area (Å²) in [6, 6.07) is 6.01. The standard InChI is InChI=1S/C17H23FN2O2/c1-3-11-20(12-4-2)16(22)17(9-10-17)15(21)19-14-8-6-5-7-13(14)18/h5-8H,3-4,9-12H2,1-2H3,(H,19,21). The van der Waals surface area contributed by atoms with Crippen molar-refractivity contribution in [3.63, 3.8) is 0 Å². The van der Waals surface area contributed by atoms with E-state index in [1.54, 1.807) is 17.0 Å². The van der Waals surface area contributed by atoms with E-state index in [9.17, 15) is 14.0 Å². The number of nitrogens with one attached hydrogen (secondary N) is 1. The average Bonchev–Trinajstić information content (AvgIpc) is 3.30. The third kappa shape index (κ3) is 3.29. The molecular formula is C17H23FN2O2. The van der Waals surface area contributed by atoms with Crippen LogP contribution in [0.15, 0.2) is 24.3 Å². The van der Waals surface area contributed by atoms with Crippen molar-refractivity contribution in [1.82, 2.24) is 4.90 Å². The van der Waals surface area contributed by atoms with Crippen LogP contribution in [0.2, 0.25) is 0 Å². The highest BCUT2D eigenvalue weighted by Gasteiger charge is 2.57. The third-order valence-electron chi connectivity index (χ3n) is 3.99. The second kappa shape index (κ2) is 6.90. The summed E-state index contributed by atoms with van der Waals surface area (Å²) in [5.74, 6) is -0.997. The van der Waals surface area contributed by atoms with E-state index in [2.05, 4.69) is 5.32 Å². The van der Waals surface area contributed by atoms with Crippen molar-refractivity contribution in [2.45, 2.75) is 39.5 Å². The molecule has 2 amide bonds. The monoisotopic (exact) mass is 306 g/mol. The Morgan fingerprint density at radius 1 is 1.18 bits per heavy atom. The van der Waals surface area contributed by atoms with Gasteiger partial charge in [-0.15, -0.1) is 0 Å². The summed E-state index contributed by atoms with van der Waals surface area (Å²) in [6.07, 6.45) is 2.79. The molecule has 1 saturated carbocycles. The maximum atomic E-state index is 13.6. The largest absolute Gasteiger partial charge is 0.342 e. The van der Waals surface area contributed by atoms with Crippen LogP contribution in [0.5, 0.6) is 0 Å². The van der Waals surface area contributed by atoms with Gasteiger partial charge >= 0.3 is 0 Å². The fourth-order valence-electron chi connectivity index (χ4n) is 2.62. The molecule has 0 unspecified atom stereocenters. The lowest BCUT2D eigenvalue weighted by atomic mass is 10.0. The van der Waals surface area contributed by atoms with E-state index in [4.69, 9.17) is 0 Å². The number of hydrogen-bond acceptors (Lipinski definition) is 2. The van der Waals surface area contributed by atoms with Gasteiger partial charge in [0.05, 0.1) is 5.69 Å². The van der Waals surface area contributed by atoms with Crippen molar-refractivity contribution in [3.8, 4) is 0 Å². The van der Waals surface area contributed by atoms with Crippen molar-refractivity contribution < 1.29 is 14.0 Å². The average molecular weight is 306 g/mol. The Labute approximate surface area is 130 Å². The molecule has 0 atom stereocenters. The molecule has 0 aliphatic heterocycles. The molecule has 1 aromatic rings. The predicted octanol–water partition coefficient (Wildman–Crippen LogP) is 3.19. The number of carbonyl (C=O) groups is 2. The van der Waals surface area contributed by atoms with Crippen molar-refractivity contribution >= 4 is 17.5 Å². The molecule has 120 valence electrons. The van der Waals surface area contributed by atoms with Crippen LogP contribution in [0.25, 0.3) is 0 Å². The molecule has 4 nitrogen and oxygen atoms in total. The van der Waals surface area contributed by atoms with Gasteiger partial charge in [0, 0.05) is 13.1 Å². The van der Waals surface area contributed by atoms with Gasteiger partial charge < -0.3 is 10.2 Å². The van der Waals surface area contributed by atoms with Gasteiger partial charge in [0.1, 0.15) is 11.2 Å². The summed E-state index contributed by atoms with van der Waals surface area (Å²) < 4.78 is 13.6. The summed E-state index contributed by atoms with van der Waals surface area (Å²) >= 11 is 0. The van der Waals surface area contributed by atoms with Gasteiger partial charge in [-0.2, -0.15) is 0 Å². The predicted molar refractivity (Wildman–Crippen MR) is 83.9 cm³/mol. The Hall–Kier alpha value is -1.91. The van der Waals surface area contributed by atoms with Crippen molar-refractivity contribution in [2.24, 2.45) is 5.41 Å². The number of carbonyl (C=O) groups excluding carboxylic acids is 2. The van der Waals surface area contributed by atoms with Crippen LogP contribution in [0, 0.1) is 11.2 Å². The zero-order chi connectivity index (χ0) is 16.2. The van der Waals surface area contributed by atoms with E-state index in [0.29, 0.717) is 25.9 Å². The quantitative estimate of drug-likeness (QED) is 0.787. The van der Waals surface area contributed by atoms with Crippen LogP contribution < -0.4 is 5.32 Å². The Kier molecular flexibility index (Phi) is 5.16. The van der Waals surface area contributed by atoms with E-state index in [-0.39, 0.29) is 17.5 Å². The summed E-state index contributed by atoms with van der Waals surface area (Å²) in [5, 5.41) is 2.57. The first-order chi connectivity index (χ1) is 10.5. The lowest BCUT2D eigenvalue weighted by Crippen LogP contribution is -2.43. The first kappa shape index (κ1) is 16.5. The molecule has 1 aliphatic carbocycles. The van der Waals surface area contributed by atoms with Crippen molar-refractivity contribution in [1.29, 1.82) is 0 Å². The molecule has 5 heteroatoms. The lowest BCUT2D eigenvalue weighted by Gasteiger charge is -2.26. The van der Waals surface area contributed by atoms with Gasteiger partial charge in [0.2, 0.25) is 11.8 Å². The van der Waals surface area contributed by atoms with Gasteiger partial charge in [-0.05, 0) is 37.8 Å². The van der Waals surface area contributed by atoms with Crippen molar-refractivity contribution in [3.05, 3.63) is 30.1 Å². The molecule has 1 fully saturated rings. The van der Waals surface area contributed by atoms with Gasteiger partial charge in [-0.1, -0.05) is 26.0 Å². The summed E-state index contributed by atoms with van der Waals surface area (Å²) in [7, 11) is 0. The maximum Gasteiger partial charge on any atom is 0.240 e. The van der Waals surface area contributed by atoms with E-state index in [0.717, 1.165) is 12.8 Å². The summed E-state index contributed by atoms with van der Waals surface area (Å²) in [5.41, 5.74) is -0.865. The van der Waals surface area contributed by atoms with E-state index < -0.39 is 11.2 Å². The zero-order valence-corrected chi connectivity index (χ0v) is 13.2. The van der Waals surface area contributed by atoms with E-state index >= 15 is 0 Å². The SMILES string of the molecule is CCCN(CCC)C(=O)C1(C(=O)Nc2ccccc2F)CC1. The first-order valence-corrected chi connectivity index (χ1v) is 7.90. The Balaban J connectivity index is 2.11. The number of amides is 2. The number of hydrogen-bond donors (Lipinski definition) is 1. The molecule has 1 aromatic carbocycles. The number of benzene rings is 1. The second-order valence-corrected chi connectivity index (χ2v) is 5.81. The molecule has 0 radical (unpaired) electrons. The van der Waals surface area contributed by atoms with Crippen LogP contribution >= 0.6 is 0 Å². The molecule has 0 saturated heterocycles. The number of para-hydroxylation sites is 1. The Morgan fingerprint density at radius 3 is 2.27 bits per heavy atom. The Bertz CT molecular complexity index is 549. The number of halogens is 1. The molecule has 2 rings (SSSR count). The highest BCUT2D eigenvalue weighted by molar-refractivity contribution is 6.13. The van der Waals surface area contributed by atoms with Gasteiger partial charge in [0.25, 0.3) is 0 Å². The summed E-state index contributed by atoms with van der Waals surface area (Å²) in [6.45, 7) is 5.33. The highest BCUT2D eigenvalue weighted by Crippen LogP contribution is 2.48. The molecule has 1 aliphatic rings. The number of nitrogens with zero attached hydrogens (tertiary/aromatic N) is 1. The van der Waals surface area contributed by atoms with Gasteiger partial charge in [-0.25, -0.2) is 4.39 Å². The fraction of sp³-hybridized carbons (Fsp3) is 0.529. The minimum atomic E-state index is -0.993. The third-order valence-corrected chi connectivity index (χ3v) is 3.99. The maximum absolute atomic E-state index is 13.6. The zero-order valence-electron chi connectivity index (χ0n) is 13.2. The van der Waals surface area contributed by atoms with Gasteiger partial charge in [-0.3, -0.25) is 9.59 Å². The molecule has 1 N–H and O–H groups in total. The van der Waals surface area contributed by atoms with Crippen LogP contribution in [0.1, 0.15) is 39.5 Å². The molecule has 0 heterocycles. The Morgan fingerprint density at radius 2 is 1.77 bits per heavy atom. The van der Waals surface area contributed by atoms with E-state index in [1.807, 2.05) is 13.8 Å². The normalized spacial score (nSPS) is 15.2. The topological polar surface area (TPSA) is 49.4 Å².